The highest BCUT2D eigenvalue weighted by Gasteiger charge is 2.34. The molecule has 0 spiro atoms. The zero-order valence-electron chi connectivity index (χ0n) is 23.8. The first kappa shape index (κ1) is 31.4. The summed E-state index contributed by atoms with van der Waals surface area (Å²) in [4.78, 5) is 28.9. The molecule has 41 heavy (non-hydrogen) atoms. The minimum Gasteiger partial charge on any atom is -0.497 e. The number of nitrogens with one attached hydrogen (secondary N) is 1. The SMILES string of the molecule is COc1ccc(OC)c(N(CC(=O)N(Cc2ccccc2F)[C@H](Cc2ccccc2)C(=O)NC(C)C)S(C)(=O)=O)c1. The molecule has 0 saturated carbocycles. The van der Waals surface area contributed by atoms with E-state index in [0.717, 1.165) is 16.1 Å². The number of rotatable bonds is 13. The van der Waals surface area contributed by atoms with Crippen LogP contribution < -0.4 is 19.1 Å². The lowest BCUT2D eigenvalue weighted by molar-refractivity contribution is -0.140. The highest BCUT2D eigenvalue weighted by molar-refractivity contribution is 7.92. The van der Waals surface area contributed by atoms with Gasteiger partial charge < -0.3 is 19.7 Å². The normalized spacial score (nSPS) is 12.0. The van der Waals surface area contributed by atoms with Crippen molar-refractivity contribution in [3.63, 3.8) is 0 Å². The van der Waals surface area contributed by atoms with Crippen LogP contribution in [0.15, 0.2) is 72.8 Å². The Labute approximate surface area is 240 Å². The maximum atomic E-state index is 14.8. The maximum absolute atomic E-state index is 14.8. The molecule has 0 aliphatic rings. The number of anilines is 1. The number of methoxy groups -OCH3 is 2. The van der Waals surface area contributed by atoms with E-state index in [1.165, 1.54) is 49.5 Å². The van der Waals surface area contributed by atoms with Gasteiger partial charge in [-0.25, -0.2) is 12.8 Å². The van der Waals surface area contributed by atoms with Crippen molar-refractivity contribution in [1.29, 1.82) is 0 Å². The molecule has 1 N–H and O–H groups in total. The molecule has 0 fully saturated rings. The average molecular weight is 586 g/mol. The molecule has 3 rings (SSSR count). The van der Waals surface area contributed by atoms with E-state index < -0.39 is 40.2 Å². The molecule has 3 aromatic carbocycles. The molecule has 0 bridgehead atoms. The lowest BCUT2D eigenvalue weighted by Gasteiger charge is -2.34. The van der Waals surface area contributed by atoms with Crippen molar-refractivity contribution in [2.75, 3.05) is 31.3 Å². The van der Waals surface area contributed by atoms with Crippen LogP contribution in [0.2, 0.25) is 0 Å². The second kappa shape index (κ2) is 14.0. The van der Waals surface area contributed by atoms with Gasteiger partial charge in [-0.05, 0) is 37.6 Å². The summed E-state index contributed by atoms with van der Waals surface area (Å²) in [7, 11) is -1.22. The molecule has 2 amide bonds. The molecule has 9 nitrogen and oxygen atoms in total. The van der Waals surface area contributed by atoms with Gasteiger partial charge in [-0.2, -0.15) is 0 Å². The number of nitrogens with zero attached hydrogens (tertiary/aromatic N) is 2. The fraction of sp³-hybridized carbons (Fsp3) is 0.333. The molecule has 0 aliphatic heterocycles. The Kier molecular flexibility index (Phi) is 10.7. The van der Waals surface area contributed by atoms with Crippen LogP contribution in [-0.2, 0) is 32.6 Å². The molecule has 0 aliphatic carbocycles. The van der Waals surface area contributed by atoms with Crippen LogP contribution in [-0.4, -0.2) is 64.2 Å². The molecule has 0 radical (unpaired) electrons. The lowest BCUT2D eigenvalue weighted by Crippen LogP contribution is -2.54. The third kappa shape index (κ3) is 8.43. The van der Waals surface area contributed by atoms with Gasteiger partial charge in [0.2, 0.25) is 21.8 Å². The summed E-state index contributed by atoms with van der Waals surface area (Å²) in [6.07, 6.45) is 1.09. The second-order valence-electron chi connectivity index (χ2n) is 9.79. The smallest absolute Gasteiger partial charge is 0.244 e. The Morgan fingerprint density at radius 1 is 0.951 bits per heavy atom. The summed E-state index contributed by atoms with van der Waals surface area (Å²) in [5.74, 6) is -1.16. The second-order valence-corrected chi connectivity index (χ2v) is 11.7. The van der Waals surface area contributed by atoms with Crippen LogP contribution >= 0.6 is 0 Å². The zero-order chi connectivity index (χ0) is 30.2. The Balaban J connectivity index is 2.12. The number of amides is 2. The number of carbonyl (C=O) groups is 2. The van der Waals surface area contributed by atoms with Gasteiger partial charge in [-0.3, -0.25) is 13.9 Å². The summed E-state index contributed by atoms with van der Waals surface area (Å²) in [5.41, 5.74) is 1.04. The first-order valence-electron chi connectivity index (χ1n) is 13.0. The Bertz CT molecular complexity index is 1450. The van der Waals surface area contributed by atoms with Crippen molar-refractivity contribution in [2.24, 2.45) is 0 Å². The number of carbonyl (C=O) groups excluding carboxylic acids is 2. The summed E-state index contributed by atoms with van der Waals surface area (Å²) in [5, 5.41) is 2.85. The van der Waals surface area contributed by atoms with Gasteiger partial charge in [-0.15, -0.1) is 0 Å². The number of sulfonamides is 1. The van der Waals surface area contributed by atoms with E-state index in [1.54, 1.807) is 26.0 Å². The predicted octanol–water partition coefficient (Wildman–Crippen LogP) is 3.77. The van der Waals surface area contributed by atoms with Crippen molar-refractivity contribution in [3.8, 4) is 11.5 Å². The molecule has 1 atom stereocenters. The van der Waals surface area contributed by atoms with Gasteiger partial charge in [0.1, 0.15) is 29.9 Å². The number of hydrogen-bond acceptors (Lipinski definition) is 6. The quantitative estimate of drug-likeness (QED) is 0.328. The Morgan fingerprint density at radius 2 is 1.61 bits per heavy atom. The van der Waals surface area contributed by atoms with Crippen LogP contribution in [0.5, 0.6) is 11.5 Å². The molecule has 0 saturated heterocycles. The molecule has 0 aromatic heterocycles. The van der Waals surface area contributed by atoms with Crippen LogP contribution in [0, 0.1) is 5.82 Å². The largest absolute Gasteiger partial charge is 0.497 e. The Morgan fingerprint density at radius 3 is 2.20 bits per heavy atom. The molecule has 0 unspecified atom stereocenters. The van der Waals surface area contributed by atoms with Gasteiger partial charge in [0.05, 0.1) is 26.2 Å². The van der Waals surface area contributed by atoms with Crippen LogP contribution in [0.4, 0.5) is 10.1 Å². The first-order valence-corrected chi connectivity index (χ1v) is 14.9. The third-order valence-corrected chi connectivity index (χ3v) is 7.46. The van der Waals surface area contributed by atoms with E-state index in [-0.39, 0.29) is 36.0 Å². The van der Waals surface area contributed by atoms with Gasteiger partial charge in [0.15, 0.2) is 0 Å². The minimum atomic E-state index is -4.03. The molecular formula is C30H36FN3O6S. The minimum absolute atomic E-state index is 0.0831. The first-order chi connectivity index (χ1) is 19.4. The van der Waals surface area contributed by atoms with Crippen LogP contribution in [0.1, 0.15) is 25.0 Å². The fourth-order valence-electron chi connectivity index (χ4n) is 4.33. The molecule has 220 valence electrons. The highest BCUT2D eigenvalue weighted by atomic mass is 32.2. The lowest BCUT2D eigenvalue weighted by atomic mass is 10.0. The van der Waals surface area contributed by atoms with E-state index in [9.17, 15) is 22.4 Å². The number of hydrogen-bond donors (Lipinski definition) is 1. The van der Waals surface area contributed by atoms with E-state index in [1.807, 2.05) is 30.3 Å². The van der Waals surface area contributed by atoms with Crippen molar-refractivity contribution in [1.82, 2.24) is 10.2 Å². The van der Waals surface area contributed by atoms with Gasteiger partial charge in [0, 0.05) is 30.6 Å². The predicted molar refractivity (Wildman–Crippen MR) is 156 cm³/mol. The molecule has 0 heterocycles. The van der Waals surface area contributed by atoms with Crippen molar-refractivity contribution in [2.45, 2.75) is 38.9 Å². The van der Waals surface area contributed by atoms with Crippen LogP contribution in [0.25, 0.3) is 0 Å². The molecule has 3 aromatic rings. The third-order valence-electron chi connectivity index (χ3n) is 6.33. The van der Waals surface area contributed by atoms with E-state index in [4.69, 9.17) is 9.47 Å². The monoisotopic (exact) mass is 585 g/mol. The summed E-state index contributed by atoms with van der Waals surface area (Å²) in [6.45, 7) is 2.65. The van der Waals surface area contributed by atoms with Gasteiger partial charge in [-0.1, -0.05) is 48.5 Å². The topological polar surface area (TPSA) is 105 Å². The maximum Gasteiger partial charge on any atom is 0.244 e. The average Bonchev–Trinajstić information content (AvgIpc) is 2.93. The van der Waals surface area contributed by atoms with Gasteiger partial charge >= 0.3 is 0 Å². The van der Waals surface area contributed by atoms with Crippen molar-refractivity contribution < 1.29 is 31.9 Å². The highest BCUT2D eigenvalue weighted by Crippen LogP contribution is 2.34. The molecular weight excluding hydrogens is 549 g/mol. The number of halogens is 1. The number of ether oxygens (including phenoxy) is 2. The summed E-state index contributed by atoms with van der Waals surface area (Å²) < 4.78 is 52.4. The van der Waals surface area contributed by atoms with E-state index >= 15 is 0 Å². The number of benzene rings is 3. The standard InChI is InChI=1S/C30H36FN3O6S/c1-21(2)32-30(36)27(17-22-11-7-6-8-12-22)33(19-23-13-9-10-14-25(23)31)29(35)20-34(41(5,37)38)26-18-24(39-3)15-16-28(26)40-4/h6-16,18,21,27H,17,19-20H2,1-5H3,(H,32,36)/t27-/m1/s1. The Hall–Kier alpha value is -4.12. The summed E-state index contributed by atoms with van der Waals surface area (Å²) in [6, 6.07) is 18.3. The van der Waals surface area contributed by atoms with E-state index in [2.05, 4.69) is 5.32 Å². The molecule has 11 heteroatoms. The van der Waals surface area contributed by atoms with Crippen molar-refractivity contribution in [3.05, 3.63) is 89.7 Å². The van der Waals surface area contributed by atoms with Gasteiger partial charge in [0.25, 0.3) is 0 Å². The zero-order valence-corrected chi connectivity index (χ0v) is 24.7. The van der Waals surface area contributed by atoms with Crippen molar-refractivity contribution >= 4 is 27.5 Å². The summed E-state index contributed by atoms with van der Waals surface area (Å²) >= 11 is 0. The fourth-order valence-corrected chi connectivity index (χ4v) is 5.18. The van der Waals surface area contributed by atoms with E-state index in [0.29, 0.717) is 5.75 Å². The van der Waals surface area contributed by atoms with Crippen LogP contribution in [0.3, 0.4) is 0 Å².